The molecule has 0 spiro atoms. The van der Waals surface area contributed by atoms with Crippen molar-refractivity contribution in [3.8, 4) is 11.4 Å². The summed E-state index contributed by atoms with van der Waals surface area (Å²) < 4.78 is 1.84. The number of hydrogen-bond donors (Lipinski definition) is 1. The Bertz CT molecular complexity index is 1180. The number of nitrogens with zero attached hydrogens (tertiary/aromatic N) is 5. The van der Waals surface area contributed by atoms with Crippen LogP contribution in [0.25, 0.3) is 22.2 Å². The van der Waals surface area contributed by atoms with E-state index in [-0.39, 0.29) is 0 Å². The molecule has 2 aromatic carbocycles. The van der Waals surface area contributed by atoms with Crippen molar-refractivity contribution in [2.45, 2.75) is 25.4 Å². The van der Waals surface area contributed by atoms with Crippen molar-refractivity contribution < 1.29 is 0 Å². The minimum atomic E-state index is 0.500. The molecular weight excluding hydrogens is 408 g/mol. The molecule has 0 aliphatic carbocycles. The highest BCUT2D eigenvalue weighted by Gasteiger charge is 2.23. The number of fused-ring (bicyclic) bond motifs is 1. The number of aromatic nitrogens is 4. The molecule has 5 rings (SSSR count). The van der Waals surface area contributed by atoms with Gasteiger partial charge in [0.05, 0.1) is 5.69 Å². The molecule has 7 heteroatoms. The van der Waals surface area contributed by atoms with Crippen molar-refractivity contribution in [2.75, 3.05) is 18.0 Å². The number of anilines is 1. The van der Waals surface area contributed by atoms with Crippen LogP contribution in [0.4, 0.5) is 5.82 Å². The molecule has 3 heterocycles. The van der Waals surface area contributed by atoms with Crippen LogP contribution >= 0.6 is 11.6 Å². The maximum atomic E-state index is 5.98. The highest BCUT2D eigenvalue weighted by Crippen LogP contribution is 2.32. The minimum absolute atomic E-state index is 0.500. The van der Waals surface area contributed by atoms with Gasteiger partial charge in [-0.15, -0.1) is 10.2 Å². The molecule has 0 unspecified atom stereocenters. The monoisotopic (exact) mass is 432 g/mol. The molecule has 1 aliphatic heterocycles. The summed E-state index contributed by atoms with van der Waals surface area (Å²) in [5.41, 5.74) is 3.11. The number of benzene rings is 2. The number of piperidine rings is 1. The Labute approximate surface area is 186 Å². The fourth-order valence-electron chi connectivity index (χ4n) is 4.28. The average Bonchev–Trinajstić information content (AvgIpc) is 3.24. The molecule has 0 radical (unpaired) electrons. The molecule has 6 nitrogen and oxygen atoms in total. The second-order valence-corrected chi connectivity index (χ2v) is 8.46. The van der Waals surface area contributed by atoms with Gasteiger partial charge in [0.1, 0.15) is 5.69 Å². The third-order valence-corrected chi connectivity index (χ3v) is 6.29. The first kappa shape index (κ1) is 20.0. The van der Waals surface area contributed by atoms with E-state index in [1.54, 1.807) is 6.20 Å². The standard InChI is InChI=1S/C24H25ClN6/c1-30-22(10-13-27-30)23-20-4-2-3-5-21(20)24(29-28-23)31-14-11-19(12-15-31)26-16-17-6-8-18(25)9-7-17/h2-10,13,19,26H,11-12,14-16H2,1H3. The summed E-state index contributed by atoms with van der Waals surface area (Å²) in [5, 5.41) is 20.3. The largest absolute Gasteiger partial charge is 0.354 e. The van der Waals surface area contributed by atoms with E-state index in [2.05, 4.69) is 61.9 Å². The predicted molar refractivity (Wildman–Crippen MR) is 125 cm³/mol. The Balaban J connectivity index is 1.31. The lowest BCUT2D eigenvalue weighted by Crippen LogP contribution is -2.42. The molecule has 1 saturated heterocycles. The Kier molecular flexibility index (Phi) is 5.57. The highest BCUT2D eigenvalue weighted by atomic mass is 35.5. The molecule has 0 atom stereocenters. The van der Waals surface area contributed by atoms with E-state index >= 15 is 0 Å². The number of nitrogens with one attached hydrogen (secondary N) is 1. The molecule has 0 amide bonds. The van der Waals surface area contributed by atoms with Crippen LogP contribution in [0.2, 0.25) is 5.02 Å². The van der Waals surface area contributed by atoms with Crippen LogP contribution in [0.15, 0.2) is 60.8 Å². The van der Waals surface area contributed by atoms with Gasteiger partial charge in [-0.05, 0) is 36.6 Å². The number of rotatable bonds is 5. The molecule has 0 bridgehead atoms. The molecule has 158 valence electrons. The first-order chi connectivity index (χ1) is 15.2. The van der Waals surface area contributed by atoms with Crippen LogP contribution in [-0.2, 0) is 13.6 Å². The molecule has 0 saturated carbocycles. The lowest BCUT2D eigenvalue weighted by atomic mass is 10.0. The van der Waals surface area contributed by atoms with Crippen LogP contribution in [0.1, 0.15) is 18.4 Å². The van der Waals surface area contributed by atoms with Crippen molar-refractivity contribution in [3.63, 3.8) is 0 Å². The summed E-state index contributed by atoms with van der Waals surface area (Å²) in [6, 6.07) is 18.9. The maximum absolute atomic E-state index is 5.98. The minimum Gasteiger partial charge on any atom is -0.354 e. The first-order valence-corrected chi connectivity index (χ1v) is 11.0. The second-order valence-electron chi connectivity index (χ2n) is 8.03. The van der Waals surface area contributed by atoms with Gasteiger partial charge in [0.15, 0.2) is 5.82 Å². The van der Waals surface area contributed by atoms with E-state index in [0.717, 1.165) is 65.5 Å². The molecule has 1 N–H and O–H groups in total. The summed E-state index contributed by atoms with van der Waals surface area (Å²) in [6.45, 7) is 2.79. The number of aryl methyl sites for hydroxylation is 1. The van der Waals surface area contributed by atoms with E-state index in [9.17, 15) is 0 Å². The summed E-state index contributed by atoms with van der Waals surface area (Å²) >= 11 is 5.98. The molecule has 1 fully saturated rings. The second kappa shape index (κ2) is 8.65. The van der Waals surface area contributed by atoms with Crippen LogP contribution < -0.4 is 10.2 Å². The van der Waals surface area contributed by atoms with E-state index in [4.69, 9.17) is 11.6 Å². The van der Waals surface area contributed by atoms with Crippen molar-refractivity contribution in [3.05, 3.63) is 71.4 Å². The van der Waals surface area contributed by atoms with Crippen molar-refractivity contribution in [1.82, 2.24) is 25.3 Å². The number of halogens is 1. The first-order valence-electron chi connectivity index (χ1n) is 10.7. The zero-order valence-electron chi connectivity index (χ0n) is 17.5. The maximum Gasteiger partial charge on any atom is 0.159 e. The van der Waals surface area contributed by atoms with E-state index in [1.165, 1.54) is 5.56 Å². The molecule has 2 aromatic heterocycles. The predicted octanol–water partition coefficient (Wildman–Crippen LogP) is 4.44. The van der Waals surface area contributed by atoms with Crippen molar-refractivity contribution in [1.29, 1.82) is 0 Å². The van der Waals surface area contributed by atoms with Gasteiger partial charge in [0.25, 0.3) is 0 Å². The van der Waals surface area contributed by atoms with Gasteiger partial charge in [0.2, 0.25) is 0 Å². The van der Waals surface area contributed by atoms with Gasteiger partial charge < -0.3 is 10.2 Å². The average molecular weight is 433 g/mol. The van der Waals surface area contributed by atoms with Crippen LogP contribution in [0.5, 0.6) is 0 Å². The lowest BCUT2D eigenvalue weighted by Gasteiger charge is -2.33. The Morgan fingerprint density at radius 3 is 2.42 bits per heavy atom. The summed E-state index contributed by atoms with van der Waals surface area (Å²) in [6.07, 6.45) is 3.95. The molecule has 31 heavy (non-hydrogen) atoms. The van der Waals surface area contributed by atoms with E-state index < -0.39 is 0 Å². The number of hydrogen-bond acceptors (Lipinski definition) is 5. The van der Waals surface area contributed by atoms with Gasteiger partial charge in [-0.25, -0.2) is 0 Å². The third kappa shape index (κ3) is 4.13. The van der Waals surface area contributed by atoms with Gasteiger partial charge in [0, 0.05) is 54.7 Å². The fraction of sp³-hybridized carbons (Fsp3) is 0.292. The fourth-order valence-corrected chi connectivity index (χ4v) is 4.40. The summed E-state index contributed by atoms with van der Waals surface area (Å²) in [7, 11) is 1.93. The quantitative estimate of drug-likeness (QED) is 0.505. The van der Waals surface area contributed by atoms with Crippen LogP contribution in [0.3, 0.4) is 0 Å². The summed E-state index contributed by atoms with van der Waals surface area (Å²) in [4.78, 5) is 2.36. The lowest BCUT2D eigenvalue weighted by molar-refractivity contribution is 0.413. The van der Waals surface area contributed by atoms with Gasteiger partial charge >= 0.3 is 0 Å². The topological polar surface area (TPSA) is 58.9 Å². The van der Waals surface area contributed by atoms with Gasteiger partial charge in [-0.2, -0.15) is 5.10 Å². The Morgan fingerprint density at radius 2 is 1.71 bits per heavy atom. The van der Waals surface area contributed by atoms with Crippen LogP contribution in [0, 0.1) is 0 Å². The van der Waals surface area contributed by atoms with Gasteiger partial charge in [-0.3, -0.25) is 4.68 Å². The van der Waals surface area contributed by atoms with Crippen LogP contribution in [-0.4, -0.2) is 39.1 Å². The molecule has 1 aliphatic rings. The normalized spacial score (nSPS) is 15.0. The van der Waals surface area contributed by atoms with Gasteiger partial charge in [-0.1, -0.05) is 48.0 Å². The summed E-state index contributed by atoms with van der Waals surface area (Å²) in [5.74, 6) is 0.970. The van der Waals surface area contributed by atoms with E-state index in [0.29, 0.717) is 6.04 Å². The molecular formula is C24H25ClN6. The highest BCUT2D eigenvalue weighted by molar-refractivity contribution is 6.30. The van der Waals surface area contributed by atoms with Crippen molar-refractivity contribution in [2.24, 2.45) is 7.05 Å². The zero-order valence-corrected chi connectivity index (χ0v) is 18.3. The van der Waals surface area contributed by atoms with E-state index in [1.807, 2.05) is 29.9 Å². The Hall–Kier alpha value is -2.96. The Morgan fingerprint density at radius 1 is 0.968 bits per heavy atom. The molecule has 4 aromatic rings. The third-order valence-electron chi connectivity index (χ3n) is 6.03. The smallest absolute Gasteiger partial charge is 0.159 e. The van der Waals surface area contributed by atoms with Crippen molar-refractivity contribution >= 4 is 28.2 Å². The zero-order chi connectivity index (χ0) is 21.2. The SMILES string of the molecule is Cn1nccc1-c1nnc(N2CCC(NCc3ccc(Cl)cc3)CC2)c2ccccc12.